The lowest BCUT2D eigenvalue weighted by molar-refractivity contribution is -0.122. The lowest BCUT2D eigenvalue weighted by Crippen LogP contribution is -2.24. The number of primary amides is 1. The van der Waals surface area contributed by atoms with E-state index in [9.17, 15) is 9.59 Å². The van der Waals surface area contributed by atoms with Crippen LogP contribution in [0.25, 0.3) is 0 Å². The van der Waals surface area contributed by atoms with Crippen molar-refractivity contribution < 1.29 is 14.3 Å². The molecule has 0 saturated heterocycles. The largest absolute Gasteiger partial charge is 0.450 e. The lowest BCUT2D eigenvalue weighted by Gasteiger charge is -2.29. The summed E-state index contributed by atoms with van der Waals surface area (Å²) in [7, 11) is 0. The molecule has 5 heteroatoms. The van der Waals surface area contributed by atoms with Gasteiger partial charge in [0.25, 0.3) is 0 Å². The molecule has 2 atom stereocenters. The highest BCUT2D eigenvalue weighted by Gasteiger charge is 2.26. The standard InChI is InChI=1S/C13H22ClNO3/c14-7-6-10(4-2-8-18-13(15)17)11-3-1-5-12(16)9-11/h10-11H,1-9H2,(H2,15,17). The zero-order valence-electron chi connectivity index (χ0n) is 10.7. The van der Waals surface area contributed by atoms with Gasteiger partial charge >= 0.3 is 6.09 Å². The van der Waals surface area contributed by atoms with Crippen LogP contribution >= 0.6 is 11.6 Å². The first-order chi connectivity index (χ1) is 8.63. The van der Waals surface area contributed by atoms with Gasteiger partial charge in [-0.2, -0.15) is 0 Å². The number of hydrogen-bond acceptors (Lipinski definition) is 3. The Bertz CT molecular complexity index is 283. The molecule has 4 nitrogen and oxygen atoms in total. The Labute approximate surface area is 113 Å². The third-order valence-corrected chi connectivity index (χ3v) is 3.85. The molecule has 0 heterocycles. The Morgan fingerprint density at radius 3 is 2.89 bits per heavy atom. The zero-order valence-corrected chi connectivity index (χ0v) is 11.5. The van der Waals surface area contributed by atoms with Crippen LogP contribution in [0.15, 0.2) is 0 Å². The molecule has 1 aliphatic carbocycles. The second-order valence-electron chi connectivity index (χ2n) is 4.94. The molecule has 18 heavy (non-hydrogen) atoms. The van der Waals surface area contributed by atoms with Gasteiger partial charge in [-0.05, 0) is 43.9 Å². The van der Waals surface area contributed by atoms with E-state index < -0.39 is 6.09 Å². The summed E-state index contributed by atoms with van der Waals surface area (Å²) < 4.78 is 4.72. The van der Waals surface area contributed by atoms with Gasteiger partial charge in [0.15, 0.2) is 0 Å². The Hall–Kier alpha value is -0.770. The van der Waals surface area contributed by atoms with Gasteiger partial charge in [0, 0.05) is 18.7 Å². The van der Waals surface area contributed by atoms with Crippen LogP contribution in [0.1, 0.15) is 44.9 Å². The molecule has 0 aliphatic heterocycles. The van der Waals surface area contributed by atoms with Crippen LogP contribution in [-0.2, 0) is 9.53 Å². The van der Waals surface area contributed by atoms with Crippen LogP contribution in [0.2, 0.25) is 0 Å². The number of halogens is 1. The molecule has 0 spiro atoms. The van der Waals surface area contributed by atoms with Gasteiger partial charge in [-0.3, -0.25) is 4.79 Å². The summed E-state index contributed by atoms with van der Waals surface area (Å²) in [5.41, 5.74) is 4.90. The van der Waals surface area contributed by atoms with E-state index in [1.807, 2.05) is 0 Å². The maximum absolute atomic E-state index is 11.5. The minimum absolute atomic E-state index is 0.356. The van der Waals surface area contributed by atoms with E-state index in [0.717, 1.165) is 38.5 Å². The van der Waals surface area contributed by atoms with Crippen LogP contribution in [0.3, 0.4) is 0 Å². The molecule has 2 N–H and O–H groups in total. The molecular formula is C13H22ClNO3. The predicted molar refractivity (Wildman–Crippen MR) is 70.6 cm³/mol. The normalized spacial score (nSPS) is 21.6. The molecular weight excluding hydrogens is 254 g/mol. The quantitative estimate of drug-likeness (QED) is 0.574. The first-order valence-electron chi connectivity index (χ1n) is 6.63. The van der Waals surface area contributed by atoms with Crippen molar-refractivity contribution in [3.05, 3.63) is 0 Å². The fraction of sp³-hybridized carbons (Fsp3) is 0.846. The summed E-state index contributed by atoms with van der Waals surface area (Å²) in [6.07, 6.45) is 5.47. The van der Waals surface area contributed by atoms with E-state index in [2.05, 4.69) is 0 Å². The van der Waals surface area contributed by atoms with E-state index in [1.165, 1.54) is 0 Å². The van der Waals surface area contributed by atoms with Gasteiger partial charge in [-0.1, -0.05) is 0 Å². The van der Waals surface area contributed by atoms with Gasteiger partial charge in [0.1, 0.15) is 5.78 Å². The highest BCUT2D eigenvalue weighted by Crippen LogP contribution is 2.33. The topological polar surface area (TPSA) is 69.4 Å². The number of carbonyl (C=O) groups excluding carboxylic acids is 2. The summed E-state index contributed by atoms with van der Waals surface area (Å²) in [6.45, 7) is 0.356. The summed E-state index contributed by atoms with van der Waals surface area (Å²) in [5, 5.41) is 0. The van der Waals surface area contributed by atoms with E-state index in [1.54, 1.807) is 0 Å². The van der Waals surface area contributed by atoms with Crippen molar-refractivity contribution in [2.75, 3.05) is 12.5 Å². The van der Waals surface area contributed by atoms with E-state index >= 15 is 0 Å². The van der Waals surface area contributed by atoms with Gasteiger partial charge in [-0.25, -0.2) is 4.79 Å². The highest BCUT2D eigenvalue weighted by atomic mass is 35.5. The summed E-state index contributed by atoms with van der Waals surface area (Å²) in [5.74, 6) is 1.91. The minimum Gasteiger partial charge on any atom is -0.450 e. The van der Waals surface area contributed by atoms with E-state index in [4.69, 9.17) is 22.1 Å². The molecule has 0 aromatic rings. The number of hydrogen-bond donors (Lipinski definition) is 1. The molecule has 0 bridgehead atoms. The molecule has 1 fully saturated rings. The average Bonchev–Trinajstić information content (AvgIpc) is 2.33. The molecule has 1 amide bonds. The van der Waals surface area contributed by atoms with Gasteiger partial charge in [-0.15, -0.1) is 11.6 Å². The number of amides is 1. The summed E-state index contributed by atoms with van der Waals surface area (Å²) in [4.78, 5) is 21.9. The molecule has 1 saturated carbocycles. The van der Waals surface area contributed by atoms with Crippen LogP contribution in [0, 0.1) is 11.8 Å². The average molecular weight is 276 g/mol. The monoisotopic (exact) mass is 275 g/mol. The number of carbonyl (C=O) groups is 2. The maximum atomic E-state index is 11.5. The molecule has 1 aliphatic rings. The van der Waals surface area contributed by atoms with Crippen LogP contribution in [-0.4, -0.2) is 24.4 Å². The first kappa shape index (κ1) is 15.3. The van der Waals surface area contributed by atoms with Crippen molar-refractivity contribution in [3.63, 3.8) is 0 Å². The SMILES string of the molecule is NC(=O)OCCCC(CCCl)C1CCCC(=O)C1. The van der Waals surface area contributed by atoms with Gasteiger partial charge in [0.05, 0.1) is 6.61 Å². The van der Waals surface area contributed by atoms with Crippen LogP contribution in [0.4, 0.5) is 4.79 Å². The van der Waals surface area contributed by atoms with E-state index in [-0.39, 0.29) is 0 Å². The number of Topliss-reactive ketones (excluding diaryl/α,β-unsaturated/α-hetero) is 1. The smallest absolute Gasteiger partial charge is 0.404 e. The molecule has 2 unspecified atom stereocenters. The number of ether oxygens (including phenoxy) is 1. The predicted octanol–water partition coefficient (Wildman–Crippen LogP) is 2.87. The Balaban J connectivity index is 2.33. The molecule has 0 aromatic heterocycles. The van der Waals surface area contributed by atoms with Crippen molar-refractivity contribution in [2.45, 2.75) is 44.9 Å². The highest BCUT2D eigenvalue weighted by molar-refractivity contribution is 6.17. The van der Waals surface area contributed by atoms with Crippen molar-refractivity contribution in [1.29, 1.82) is 0 Å². The Kier molecular flexibility index (Phi) is 7.09. The minimum atomic E-state index is -0.725. The molecule has 0 radical (unpaired) electrons. The Morgan fingerprint density at radius 1 is 1.50 bits per heavy atom. The van der Waals surface area contributed by atoms with Crippen LogP contribution in [0.5, 0.6) is 0 Å². The van der Waals surface area contributed by atoms with Crippen molar-refractivity contribution in [1.82, 2.24) is 0 Å². The molecule has 0 aromatic carbocycles. The summed E-state index contributed by atoms with van der Waals surface area (Å²) >= 11 is 5.82. The third-order valence-electron chi connectivity index (χ3n) is 3.63. The maximum Gasteiger partial charge on any atom is 0.404 e. The fourth-order valence-corrected chi connectivity index (χ4v) is 3.01. The zero-order chi connectivity index (χ0) is 13.4. The number of rotatable bonds is 7. The fourth-order valence-electron chi connectivity index (χ4n) is 2.73. The second kappa shape index (κ2) is 8.35. The van der Waals surface area contributed by atoms with Crippen molar-refractivity contribution in [3.8, 4) is 0 Å². The van der Waals surface area contributed by atoms with Gasteiger partial charge < -0.3 is 10.5 Å². The number of nitrogens with two attached hydrogens (primary N) is 1. The van der Waals surface area contributed by atoms with Crippen molar-refractivity contribution in [2.24, 2.45) is 17.6 Å². The first-order valence-corrected chi connectivity index (χ1v) is 7.16. The number of alkyl halides is 1. The van der Waals surface area contributed by atoms with E-state index in [0.29, 0.717) is 36.5 Å². The molecule has 104 valence electrons. The van der Waals surface area contributed by atoms with Gasteiger partial charge in [0.2, 0.25) is 0 Å². The third kappa shape index (κ3) is 5.71. The van der Waals surface area contributed by atoms with Crippen molar-refractivity contribution >= 4 is 23.5 Å². The molecule has 1 rings (SSSR count). The Morgan fingerprint density at radius 2 is 2.28 bits per heavy atom. The van der Waals surface area contributed by atoms with Crippen LogP contribution < -0.4 is 5.73 Å². The second-order valence-corrected chi connectivity index (χ2v) is 5.32. The summed E-state index contributed by atoms with van der Waals surface area (Å²) in [6, 6.07) is 0. The number of ketones is 1. The lowest BCUT2D eigenvalue weighted by atomic mass is 9.76.